The molecule has 0 saturated heterocycles. The van der Waals surface area contributed by atoms with Gasteiger partial charge in [-0.2, -0.15) is 0 Å². The van der Waals surface area contributed by atoms with Gasteiger partial charge < -0.3 is 5.32 Å². The van der Waals surface area contributed by atoms with Crippen LogP contribution in [-0.2, 0) is 4.79 Å². The van der Waals surface area contributed by atoms with E-state index in [0.717, 1.165) is 5.56 Å². The Hall–Kier alpha value is -1.64. The monoisotopic (exact) mass is 275 g/mol. The Morgan fingerprint density at radius 3 is 2.25 bits per heavy atom. The lowest BCUT2D eigenvalue weighted by molar-refractivity contribution is -0.121. The highest BCUT2D eigenvalue weighted by atomic mass is 16.2. The molecule has 0 radical (unpaired) electrons. The fraction of sp³-hybridized carbons (Fsp3) is 0.529. The Bertz CT molecular complexity index is 492. The fourth-order valence-corrected chi connectivity index (χ4v) is 1.78. The number of Topliss-reactive ketones (excluding diaryl/α,β-unsaturated/α-hetero) is 1. The predicted molar refractivity (Wildman–Crippen MR) is 81.9 cm³/mol. The van der Waals surface area contributed by atoms with Crippen LogP contribution < -0.4 is 5.32 Å². The molecule has 0 aliphatic carbocycles. The van der Waals surface area contributed by atoms with Crippen molar-refractivity contribution in [2.24, 2.45) is 5.92 Å². The summed E-state index contributed by atoms with van der Waals surface area (Å²) in [5.74, 6) is 0.373. The molecule has 1 atom stereocenters. The molecule has 0 heterocycles. The summed E-state index contributed by atoms with van der Waals surface area (Å²) in [6.45, 7) is 10.1. The standard InChI is InChI=1S/C17H25NO2/c1-11(2)14(5)18-17(20)9-8-16(19)15-7-6-12(3)13(4)10-15/h6-7,10-11,14H,8-9H2,1-5H3,(H,18,20). The number of carbonyl (C=O) groups excluding carboxylic acids is 2. The minimum Gasteiger partial charge on any atom is -0.353 e. The molecule has 1 aromatic carbocycles. The van der Waals surface area contributed by atoms with Gasteiger partial charge in [0.25, 0.3) is 0 Å². The van der Waals surface area contributed by atoms with Crippen molar-refractivity contribution in [3.05, 3.63) is 34.9 Å². The number of benzene rings is 1. The summed E-state index contributed by atoms with van der Waals surface area (Å²) in [4.78, 5) is 23.8. The summed E-state index contributed by atoms with van der Waals surface area (Å²) in [5.41, 5.74) is 2.97. The zero-order valence-electron chi connectivity index (χ0n) is 13.1. The van der Waals surface area contributed by atoms with Crippen LogP contribution in [0.15, 0.2) is 18.2 Å². The first-order valence-electron chi connectivity index (χ1n) is 7.21. The molecule has 3 nitrogen and oxygen atoms in total. The first kappa shape index (κ1) is 16.4. The first-order valence-corrected chi connectivity index (χ1v) is 7.21. The molecule has 1 amide bonds. The second-order valence-electron chi connectivity index (χ2n) is 5.82. The third-order valence-electron chi connectivity index (χ3n) is 3.80. The lowest BCUT2D eigenvalue weighted by Crippen LogP contribution is -2.36. The zero-order valence-corrected chi connectivity index (χ0v) is 13.1. The molecule has 1 rings (SSSR count). The highest BCUT2D eigenvalue weighted by Crippen LogP contribution is 2.12. The second-order valence-corrected chi connectivity index (χ2v) is 5.82. The van der Waals surface area contributed by atoms with E-state index >= 15 is 0 Å². The summed E-state index contributed by atoms with van der Waals surface area (Å²) < 4.78 is 0. The number of carbonyl (C=O) groups is 2. The van der Waals surface area contributed by atoms with Crippen molar-refractivity contribution in [3.8, 4) is 0 Å². The third kappa shape index (κ3) is 4.80. The van der Waals surface area contributed by atoms with Crippen LogP contribution >= 0.6 is 0 Å². The lowest BCUT2D eigenvalue weighted by atomic mass is 10.0. The molecule has 0 aromatic heterocycles. The van der Waals surface area contributed by atoms with Crippen molar-refractivity contribution in [1.82, 2.24) is 5.32 Å². The van der Waals surface area contributed by atoms with Crippen molar-refractivity contribution in [2.75, 3.05) is 0 Å². The summed E-state index contributed by atoms with van der Waals surface area (Å²) in [6, 6.07) is 5.81. The van der Waals surface area contributed by atoms with Crippen LogP contribution in [0.5, 0.6) is 0 Å². The van der Waals surface area contributed by atoms with Gasteiger partial charge in [-0.25, -0.2) is 0 Å². The average molecular weight is 275 g/mol. The van der Waals surface area contributed by atoms with Gasteiger partial charge in [0.1, 0.15) is 0 Å². The quantitative estimate of drug-likeness (QED) is 0.808. The Morgan fingerprint density at radius 2 is 1.70 bits per heavy atom. The molecule has 20 heavy (non-hydrogen) atoms. The summed E-state index contributed by atoms with van der Waals surface area (Å²) in [5, 5.41) is 2.92. The Kier molecular flexibility index (Phi) is 5.93. The van der Waals surface area contributed by atoms with Gasteiger partial charge in [0.15, 0.2) is 5.78 Å². The normalized spacial score (nSPS) is 12.3. The van der Waals surface area contributed by atoms with Crippen molar-refractivity contribution in [1.29, 1.82) is 0 Å². The number of amides is 1. The van der Waals surface area contributed by atoms with Crippen LogP contribution in [-0.4, -0.2) is 17.7 Å². The smallest absolute Gasteiger partial charge is 0.220 e. The molecule has 0 spiro atoms. The van der Waals surface area contributed by atoms with Gasteiger partial charge in [-0.3, -0.25) is 9.59 Å². The Morgan fingerprint density at radius 1 is 1.05 bits per heavy atom. The molecule has 1 aromatic rings. The van der Waals surface area contributed by atoms with Gasteiger partial charge >= 0.3 is 0 Å². The molecule has 0 aliphatic rings. The van der Waals surface area contributed by atoms with Crippen molar-refractivity contribution < 1.29 is 9.59 Å². The predicted octanol–water partition coefficient (Wildman–Crippen LogP) is 3.43. The lowest BCUT2D eigenvalue weighted by Gasteiger charge is -2.17. The Labute approximate surface area is 121 Å². The second kappa shape index (κ2) is 7.22. The molecular weight excluding hydrogens is 250 g/mol. The molecule has 3 heteroatoms. The number of aryl methyl sites for hydroxylation is 2. The number of hydrogen-bond donors (Lipinski definition) is 1. The maximum absolute atomic E-state index is 12.1. The number of hydrogen-bond acceptors (Lipinski definition) is 2. The van der Waals surface area contributed by atoms with Crippen molar-refractivity contribution >= 4 is 11.7 Å². The summed E-state index contributed by atoms with van der Waals surface area (Å²) in [7, 11) is 0. The average Bonchev–Trinajstić information content (AvgIpc) is 2.39. The fourth-order valence-electron chi connectivity index (χ4n) is 1.78. The van der Waals surface area contributed by atoms with Gasteiger partial charge in [0, 0.05) is 24.4 Å². The molecule has 1 unspecified atom stereocenters. The van der Waals surface area contributed by atoms with E-state index in [1.165, 1.54) is 5.56 Å². The summed E-state index contributed by atoms with van der Waals surface area (Å²) >= 11 is 0. The van der Waals surface area contributed by atoms with E-state index in [1.54, 1.807) is 0 Å². The van der Waals surface area contributed by atoms with Crippen LogP contribution in [0, 0.1) is 19.8 Å². The van der Waals surface area contributed by atoms with Crippen LogP contribution in [0.1, 0.15) is 55.1 Å². The molecular formula is C17H25NO2. The highest BCUT2D eigenvalue weighted by Gasteiger charge is 2.13. The van der Waals surface area contributed by atoms with E-state index in [0.29, 0.717) is 11.5 Å². The minimum atomic E-state index is -0.0524. The number of rotatable bonds is 6. The van der Waals surface area contributed by atoms with Crippen LogP contribution in [0.25, 0.3) is 0 Å². The van der Waals surface area contributed by atoms with Crippen LogP contribution in [0.4, 0.5) is 0 Å². The molecule has 110 valence electrons. The van der Waals surface area contributed by atoms with E-state index in [2.05, 4.69) is 19.2 Å². The largest absolute Gasteiger partial charge is 0.353 e. The van der Waals surface area contributed by atoms with Crippen LogP contribution in [0.2, 0.25) is 0 Å². The number of nitrogens with one attached hydrogen (secondary N) is 1. The van der Waals surface area contributed by atoms with Crippen LogP contribution in [0.3, 0.4) is 0 Å². The van der Waals surface area contributed by atoms with E-state index in [1.807, 2.05) is 39.0 Å². The highest BCUT2D eigenvalue weighted by molar-refractivity contribution is 5.98. The van der Waals surface area contributed by atoms with Crippen molar-refractivity contribution in [2.45, 2.75) is 53.5 Å². The topological polar surface area (TPSA) is 46.2 Å². The number of ketones is 1. The van der Waals surface area contributed by atoms with E-state index in [9.17, 15) is 9.59 Å². The molecule has 0 aliphatic heterocycles. The third-order valence-corrected chi connectivity index (χ3v) is 3.80. The van der Waals surface area contributed by atoms with E-state index < -0.39 is 0 Å². The van der Waals surface area contributed by atoms with Gasteiger partial charge in [0.2, 0.25) is 5.91 Å². The van der Waals surface area contributed by atoms with Gasteiger partial charge in [0.05, 0.1) is 0 Å². The van der Waals surface area contributed by atoms with E-state index in [-0.39, 0.29) is 30.6 Å². The minimum absolute atomic E-state index is 0.0282. The SMILES string of the molecule is Cc1ccc(C(=O)CCC(=O)NC(C)C(C)C)cc1C. The summed E-state index contributed by atoms with van der Waals surface area (Å²) in [6.07, 6.45) is 0.516. The van der Waals surface area contributed by atoms with Gasteiger partial charge in [-0.15, -0.1) is 0 Å². The van der Waals surface area contributed by atoms with Gasteiger partial charge in [-0.05, 0) is 43.9 Å². The maximum atomic E-state index is 12.1. The zero-order chi connectivity index (χ0) is 15.3. The van der Waals surface area contributed by atoms with E-state index in [4.69, 9.17) is 0 Å². The molecule has 1 N–H and O–H groups in total. The maximum Gasteiger partial charge on any atom is 0.220 e. The molecule has 0 fully saturated rings. The van der Waals surface area contributed by atoms with Crippen molar-refractivity contribution in [3.63, 3.8) is 0 Å². The van der Waals surface area contributed by atoms with Gasteiger partial charge in [-0.1, -0.05) is 26.0 Å². The Balaban J connectivity index is 2.51. The first-order chi connectivity index (χ1) is 9.31. The molecule has 0 saturated carbocycles. The molecule has 0 bridgehead atoms.